The molecule has 2 rings (SSSR count). The van der Waals surface area contributed by atoms with Crippen molar-refractivity contribution < 1.29 is 14.3 Å². The van der Waals surface area contributed by atoms with Gasteiger partial charge in [0.15, 0.2) is 6.61 Å². The zero-order valence-corrected chi connectivity index (χ0v) is 19.7. The van der Waals surface area contributed by atoms with E-state index in [4.69, 9.17) is 4.74 Å². The van der Waals surface area contributed by atoms with Crippen LogP contribution in [0.2, 0.25) is 0 Å². The molecule has 1 unspecified atom stereocenters. The molecule has 0 fully saturated rings. The first kappa shape index (κ1) is 24.4. The van der Waals surface area contributed by atoms with Crippen LogP contribution in [-0.2, 0) is 16.1 Å². The van der Waals surface area contributed by atoms with E-state index in [9.17, 15) is 9.59 Å². The Morgan fingerprint density at radius 2 is 1.77 bits per heavy atom. The highest BCUT2D eigenvalue weighted by Crippen LogP contribution is 2.21. The Bertz CT molecular complexity index is 892. The van der Waals surface area contributed by atoms with E-state index in [-0.39, 0.29) is 18.4 Å². The molecule has 1 atom stereocenters. The molecule has 0 spiro atoms. The number of ether oxygens (including phenoxy) is 1. The molecule has 2 amide bonds. The second-order valence-corrected chi connectivity index (χ2v) is 8.56. The fraction of sp³-hybridized carbons (Fsp3) is 0.462. The first-order valence-corrected chi connectivity index (χ1v) is 11.0. The minimum Gasteiger partial charge on any atom is -0.483 e. The van der Waals surface area contributed by atoms with Crippen molar-refractivity contribution in [2.45, 2.75) is 60.5 Å². The van der Waals surface area contributed by atoms with Gasteiger partial charge in [0.1, 0.15) is 11.8 Å². The normalized spacial score (nSPS) is 11.8. The first-order chi connectivity index (χ1) is 14.7. The summed E-state index contributed by atoms with van der Waals surface area (Å²) in [6.07, 6.45) is 0.533. The highest BCUT2D eigenvalue weighted by molar-refractivity contribution is 5.88. The van der Waals surface area contributed by atoms with Gasteiger partial charge in [0, 0.05) is 13.1 Å². The fourth-order valence-electron chi connectivity index (χ4n) is 3.45. The molecule has 0 aromatic heterocycles. The van der Waals surface area contributed by atoms with Gasteiger partial charge in [0.2, 0.25) is 5.91 Å². The second kappa shape index (κ2) is 11.5. The second-order valence-electron chi connectivity index (χ2n) is 8.56. The Labute approximate surface area is 186 Å². The van der Waals surface area contributed by atoms with Crippen LogP contribution in [-0.4, -0.2) is 35.9 Å². The number of nitrogens with one attached hydrogen (secondary N) is 1. The van der Waals surface area contributed by atoms with Crippen molar-refractivity contribution in [1.82, 2.24) is 10.2 Å². The highest BCUT2D eigenvalue weighted by atomic mass is 16.5. The number of aryl methyl sites for hydroxylation is 2. The van der Waals surface area contributed by atoms with Gasteiger partial charge in [-0.15, -0.1) is 0 Å². The number of hydrogen-bond acceptors (Lipinski definition) is 3. The van der Waals surface area contributed by atoms with E-state index in [1.165, 1.54) is 0 Å². The maximum Gasteiger partial charge on any atom is 0.261 e. The van der Waals surface area contributed by atoms with Crippen molar-refractivity contribution in [2.75, 3.05) is 13.2 Å². The summed E-state index contributed by atoms with van der Waals surface area (Å²) in [6, 6.07) is 13.3. The third-order valence-electron chi connectivity index (χ3n) is 5.41. The van der Waals surface area contributed by atoms with E-state index < -0.39 is 6.04 Å². The SMILES string of the molecule is CCC(C(=O)NCC(C)C)N(Cc1cccc(C)c1)C(=O)COc1cccc(C)c1C. The van der Waals surface area contributed by atoms with E-state index in [2.05, 4.69) is 19.2 Å². The maximum absolute atomic E-state index is 13.3. The molecule has 31 heavy (non-hydrogen) atoms. The molecule has 0 heterocycles. The van der Waals surface area contributed by atoms with Gasteiger partial charge in [-0.2, -0.15) is 0 Å². The third kappa shape index (κ3) is 7.12. The highest BCUT2D eigenvalue weighted by Gasteiger charge is 2.29. The van der Waals surface area contributed by atoms with E-state index in [1.54, 1.807) is 4.90 Å². The molecule has 0 aliphatic carbocycles. The molecule has 5 heteroatoms. The van der Waals surface area contributed by atoms with Crippen molar-refractivity contribution in [3.05, 3.63) is 64.7 Å². The van der Waals surface area contributed by atoms with E-state index in [0.717, 1.165) is 22.3 Å². The number of rotatable bonds is 10. The Morgan fingerprint density at radius 1 is 1.06 bits per heavy atom. The Hall–Kier alpha value is -2.82. The average Bonchev–Trinajstić information content (AvgIpc) is 2.73. The van der Waals surface area contributed by atoms with Crippen LogP contribution in [0, 0.1) is 26.7 Å². The number of carbonyl (C=O) groups is 2. The quantitative estimate of drug-likeness (QED) is 0.608. The molecule has 168 valence electrons. The minimum atomic E-state index is -0.547. The Morgan fingerprint density at radius 3 is 2.42 bits per heavy atom. The molecule has 0 saturated heterocycles. The third-order valence-corrected chi connectivity index (χ3v) is 5.41. The molecule has 0 bridgehead atoms. The van der Waals surface area contributed by atoms with Crippen LogP contribution in [0.5, 0.6) is 5.75 Å². The lowest BCUT2D eigenvalue weighted by Crippen LogP contribution is -2.50. The van der Waals surface area contributed by atoms with Gasteiger partial charge < -0.3 is 15.0 Å². The lowest BCUT2D eigenvalue weighted by atomic mass is 10.1. The summed E-state index contributed by atoms with van der Waals surface area (Å²) in [5.74, 6) is 0.717. The molecule has 5 nitrogen and oxygen atoms in total. The zero-order valence-electron chi connectivity index (χ0n) is 19.7. The van der Waals surface area contributed by atoms with Crippen LogP contribution in [0.1, 0.15) is 49.4 Å². The summed E-state index contributed by atoms with van der Waals surface area (Å²) in [5, 5.41) is 2.98. The monoisotopic (exact) mass is 424 g/mol. The lowest BCUT2D eigenvalue weighted by molar-refractivity contribution is -0.143. The van der Waals surface area contributed by atoms with Gasteiger partial charge in [-0.05, 0) is 55.9 Å². The average molecular weight is 425 g/mol. The summed E-state index contributed by atoms with van der Waals surface area (Å²) >= 11 is 0. The smallest absolute Gasteiger partial charge is 0.261 e. The predicted molar refractivity (Wildman–Crippen MR) is 125 cm³/mol. The van der Waals surface area contributed by atoms with E-state index in [1.807, 2.05) is 70.2 Å². The van der Waals surface area contributed by atoms with E-state index in [0.29, 0.717) is 31.2 Å². The fourth-order valence-corrected chi connectivity index (χ4v) is 3.45. The number of carbonyl (C=O) groups excluding carboxylic acids is 2. The molecule has 0 saturated carbocycles. The van der Waals surface area contributed by atoms with Crippen LogP contribution >= 0.6 is 0 Å². The zero-order chi connectivity index (χ0) is 23.0. The van der Waals surface area contributed by atoms with Gasteiger partial charge in [0.05, 0.1) is 0 Å². The van der Waals surface area contributed by atoms with Gasteiger partial charge in [-0.25, -0.2) is 0 Å². The number of amides is 2. The van der Waals surface area contributed by atoms with E-state index >= 15 is 0 Å². The van der Waals surface area contributed by atoms with Crippen molar-refractivity contribution in [1.29, 1.82) is 0 Å². The molecule has 0 aliphatic heterocycles. The summed E-state index contributed by atoms with van der Waals surface area (Å²) in [4.78, 5) is 27.8. The Balaban J connectivity index is 2.23. The lowest BCUT2D eigenvalue weighted by Gasteiger charge is -2.31. The molecule has 2 aromatic carbocycles. The summed E-state index contributed by atoms with van der Waals surface area (Å²) < 4.78 is 5.87. The van der Waals surface area contributed by atoms with Gasteiger partial charge in [0.25, 0.3) is 5.91 Å². The topological polar surface area (TPSA) is 58.6 Å². The standard InChI is InChI=1S/C26H36N2O3/c1-7-23(26(30)27-15-18(2)3)28(16-22-12-8-10-19(4)14-22)25(29)17-31-24-13-9-11-20(5)21(24)6/h8-14,18,23H,7,15-17H2,1-6H3,(H,27,30). The largest absolute Gasteiger partial charge is 0.483 e. The summed E-state index contributed by atoms with van der Waals surface area (Å²) in [6.45, 7) is 12.9. The van der Waals surface area contributed by atoms with Crippen LogP contribution in [0.3, 0.4) is 0 Å². The van der Waals surface area contributed by atoms with Crippen molar-refractivity contribution in [2.24, 2.45) is 5.92 Å². The summed E-state index contributed by atoms with van der Waals surface area (Å²) in [7, 11) is 0. The predicted octanol–water partition coefficient (Wildman–Crippen LogP) is 4.57. The number of hydrogen-bond donors (Lipinski definition) is 1. The first-order valence-electron chi connectivity index (χ1n) is 11.0. The van der Waals surface area contributed by atoms with Crippen LogP contribution in [0.25, 0.3) is 0 Å². The van der Waals surface area contributed by atoms with Crippen molar-refractivity contribution in [3.8, 4) is 5.75 Å². The van der Waals surface area contributed by atoms with Gasteiger partial charge >= 0.3 is 0 Å². The van der Waals surface area contributed by atoms with Crippen LogP contribution in [0.4, 0.5) is 0 Å². The molecular weight excluding hydrogens is 388 g/mol. The number of benzene rings is 2. The Kier molecular flexibility index (Phi) is 9.10. The molecule has 1 N–H and O–H groups in total. The molecular formula is C26H36N2O3. The maximum atomic E-state index is 13.3. The molecule has 0 radical (unpaired) electrons. The van der Waals surface area contributed by atoms with Crippen molar-refractivity contribution >= 4 is 11.8 Å². The van der Waals surface area contributed by atoms with Crippen LogP contribution < -0.4 is 10.1 Å². The number of nitrogens with zero attached hydrogens (tertiary/aromatic N) is 1. The molecule has 0 aliphatic rings. The molecule has 2 aromatic rings. The minimum absolute atomic E-state index is 0.107. The summed E-state index contributed by atoms with van der Waals surface area (Å²) in [5.41, 5.74) is 4.24. The van der Waals surface area contributed by atoms with Crippen LogP contribution in [0.15, 0.2) is 42.5 Å². The van der Waals surface area contributed by atoms with Gasteiger partial charge in [-0.1, -0.05) is 62.7 Å². The van der Waals surface area contributed by atoms with Crippen molar-refractivity contribution in [3.63, 3.8) is 0 Å². The van der Waals surface area contributed by atoms with Gasteiger partial charge in [-0.3, -0.25) is 9.59 Å².